The summed E-state index contributed by atoms with van der Waals surface area (Å²) in [6.45, 7) is 5.35. The number of aromatic nitrogens is 3. The fourth-order valence-electron chi connectivity index (χ4n) is 4.11. The molecule has 0 radical (unpaired) electrons. The Balaban J connectivity index is 1.62. The number of carbonyl (C=O) groups is 2. The molecule has 4 rings (SSSR count). The molecule has 1 fully saturated rings. The molecule has 2 atom stereocenters. The van der Waals surface area contributed by atoms with Gasteiger partial charge in [-0.3, -0.25) is 14.5 Å². The first-order chi connectivity index (χ1) is 13.5. The van der Waals surface area contributed by atoms with Crippen molar-refractivity contribution in [3.8, 4) is 0 Å². The third-order valence-electron chi connectivity index (χ3n) is 5.50. The molecule has 2 aromatic rings. The van der Waals surface area contributed by atoms with E-state index in [0.29, 0.717) is 11.0 Å². The van der Waals surface area contributed by atoms with Crippen molar-refractivity contribution in [1.82, 2.24) is 19.7 Å². The lowest BCUT2D eigenvalue weighted by Gasteiger charge is -2.38. The van der Waals surface area contributed by atoms with Crippen molar-refractivity contribution in [2.45, 2.75) is 43.1 Å². The van der Waals surface area contributed by atoms with Gasteiger partial charge in [-0.15, -0.1) is 5.10 Å². The predicted molar refractivity (Wildman–Crippen MR) is 105 cm³/mol. The van der Waals surface area contributed by atoms with E-state index in [9.17, 15) is 9.59 Å². The highest BCUT2D eigenvalue weighted by Gasteiger charge is 2.44. The Morgan fingerprint density at radius 1 is 1.29 bits per heavy atom. The number of esters is 1. The monoisotopic (exact) mass is 400 g/mol. The summed E-state index contributed by atoms with van der Waals surface area (Å²) in [4.78, 5) is 31.7. The van der Waals surface area contributed by atoms with Crippen molar-refractivity contribution in [2.24, 2.45) is 5.92 Å². The zero-order valence-corrected chi connectivity index (χ0v) is 17.1. The van der Waals surface area contributed by atoms with Crippen LogP contribution in [-0.4, -0.2) is 57.0 Å². The average molecular weight is 401 g/mol. The summed E-state index contributed by atoms with van der Waals surface area (Å²) in [5, 5.41) is 4.63. The predicted octanol–water partition coefficient (Wildman–Crippen LogP) is 2.64. The summed E-state index contributed by atoms with van der Waals surface area (Å²) in [6.07, 6.45) is 1.48. The highest BCUT2D eigenvalue weighted by molar-refractivity contribution is 8.00. The van der Waals surface area contributed by atoms with Crippen LogP contribution in [-0.2, 0) is 9.53 Å². The maximum Gasteiger partial charge on any atom is 0.308 e. The minimum absolute atomic E-state index is 0.0257. The number of nitrogens with zero attached hydrogens (tertiary/aromatic N) is 4. The molecule has 0 aliphatic carbocycles. The fourth-order valence-corrected chi connectivity index (χ4v) is 5.41. The maximum atomic E-state index is 13.1. The Hall–Kier alpha value is -2.19. The molecular formula is C20H24N4O3S. The summed E-state index contributed by atoms with van der Waals surface area (Å²) >= 11 is 1.49. The quantitative estimate of drug-likeness (QED) is 0.730. The van der Waals surface area contributed by atoms with Gasteiger partial charge in [0.15, 0.2) is 5.16 Å². The van der Waals surface area contributed by atoms with Crippen LogP contribution in [0.25, 0.3) is 0 Å². The van der Waals surface area contributed by atoms with E-state index in [1.54, 1.807) is 6.92 Å². The van der Waals surface area contributed by atoms with E-state index in [0.717, 1.165) is 37.1 Å². The molecular weight excluding hydrogens is 376 g/mol. The molecule has 28 heavy (non-hydrogen) atoms. The summed E-state index contributed by atoms with van der Waals surface area (Å²) in [6, 6.07) is 8.23. The van der Waals surface area contributed by atoms with Crippen LogP contribution >= 0.6 is 11.8 Å². The van der Waals surface area contributed by atoms with E-state index in [-0.39, 0.29) is 29.1 Å². The molecule has 0 spiro atoms. The minimum atomic E-state index is -0.299. The largest absolute Gasteiger partial charge is 0.469 e. The molecule has 148 valence electrons. The molecule has 7 nitrogen and oxygen atoms in total. The normalized spacial score (nSPS) is 21.5. The standard InChI is InChI=1S/C20H24N4O3S/c1-12-5-4-6-15(11-12)16(23-9-7-14(8-10-23)19(26)27-3)17-18(25)24-20(28-17)21-13(2)22-24/h4-6,11,14,16-17H,7-10H2,1-3H3. The summed E-state index contributed by atoms with van der Waals surface area (Å²) < 4.78 is 6.35. The van der Waals surface area contributed by atoms with Gasteiger partial charge in [-0.25, -0.2) is 4.98 Å². The number of hydrogen-bond donors (Lipinski definition) is 0. The summed E-state index contributed by atoms with van der Waals surface area (Å²) in [7, 11) is 1.44. The van der Waals surface area contributed by atoms with Crippen molar-refractivity contribution < 1.29 is 14.3 Å². The number of likely N-dealkylation sites (tertiary alicyclic amines) is 1. The Kier molecular flexibility index (Phi) is 5.25. The van der Waals surface area contributed by atoms with E-state index < -0.39 is 0 Å². The van der Waals surface area contributed by atoms with Crippen LogP contribution in [0.5, 0.6) is 0 Å². The van der Waals surface area contributed by atoms with E-state index in [2.05, 4.69) is 40.1 Å². The topological polar surface area (TPSA) is 77.3 Å². The first kappa shape index (κ1) is 19.1. The van der Waals surface area contributed by atoms with Crippen molar-refractivity contribution in [2.75, 3.05) is 20.2 Å². The lowest BCUT2D eigenvalue weighted by molar-refractivity contribution is -0.147. The second-order valence-corrected chi connectivity index (χ2v) is 8.53. The minimum Gasteiger partial charge on any atom is -0.469 e. The number of thioether (sulfide) groups is 1. The van der Waals surface area contributed by atoms with Crippen LogP contribution in [0.15, 0.2) is 29.4 Å². The Bertz CT molecular complexity index is 905. The third kappa shape index (κ3) is 3.46. The number of aryl methyl sites for hydroxylation is 2. The lowest BCUT2D eigenvalue weighted by Crippen LogP contribution is -2.44. The average Bonchev–Trinajstić information content (AvgIpc) is 3.19. The van der Waals surface area contributed by atoms with Gasteiger partial charge in [0.25, 0.3) is 5.91 Å². The molecule has 8 heteroatoms. The number of benzene rings is 1. The van der Waals surface area contributed by atoms with Gasteiger partial charge < -0.3 is 4.74 Å². The van der Waals surface area contributed by atoms with Crippen LogP contribution in [0.4, 0.5) is 0 Å². The van der Waals surface area contributed by atoms with E-state index in [1.807, 2.05) is 6.07 Å². The number of hydrogen-bond acceptors (Lipinski definition) is 7. The van der Waals surface area contributed by atoms with Crippen LogP contribution in [0.1, 0.15) is 40.6 Å². The molecule has 1 saturated heterocycles. The third-order valence-corrected chi connectivity index (χ3v) is 6.68. The molecule has 2 aliphatic rings. The molecule has 1 aromatic carbocycles. The maximum absolute atomic E-state index is 13.1. The first-order valence-corrected chi connectivity index (χ1v) is 10.4. The Labute approximate surface area is 168 Å². The zero-order chi connectivity index (χ0) is 19.8. The number of fused-ring (bicyclic) bond motifs is 1. The van der Waals surface area contributed by atoms with Crippen molar-refractivity contribution >= 4 is 23.6 Å². The van der Waals surface area contributed by atoms with Gasteiger partial charge in [0.1, 0.15) is 11.1 Å². The van der Waals surface area contributed by atoms with E-state index >= 15 is 0 Å². The number of rotatable bonds is 4. The molecule has 2 aliphatic heterocycles. The molecule has 3 heterocycles. The van der Waals surface area contributed by atoms with E-state index in [1.165, 1.54) is 23.6 Å². The second-order valence-electron chi connectivity index (χ2n) is 7.42. The van der Waals surface area contributed by atoms with Crippen LogP contribution < -0.4 is 0 Å². The number of methoxy groups -OCH3 is 1. The van der Waals surface area contributed by atoms with Gasteiger partial charge in [0.05, 0.1) is 19.1 Å². The lowest BCUT2D eigenvalue weighted by atomic mass is 9.92. The van der Waals surface area contributed by atoms with Gasteiger partial charge >= 0.3 is 5.97 Å². The number of piperidine rings is 1. The summed E-state index contributed by atoms with van der Waals surface area (Å²) in [5.74, 6) is 0.381. The highest BCUT2D eigenvalue weighted by Crippen LogP contribution is 2.42. The Morgan fingerprint density at radius 3 is 2.68 bits per heavy atom. The van der Waals surface area contributed by atoms with Gasteiger partial charge in [0.2, 0.25) is 0 Å². The van der Waals surface area contributed by atoms with Crippen molar-refractivity contribution in [3.05, 3.63) is 41.2 Å². The van der Waals surface area contributed by atoms with Crippen LogP contribution in [0, 0.1) is 19.8 Å². The SMILES string of the molecule is COC(=O)C1CCN(C(c2cccc(C)c2)C2Sc3nc(C)nn3C2=O)CC1. The molecule has 0 N–H and O–H groups in total. The fraction of sp³-hybridized carbons (Fsp3) is 0.500. The molecule has 1 aromatic heterocycles. The van der Waals surface area contributed by atoms with Gasteiger partial charge in [-0.05, 0) is 45.3 Å². The van der Waals surface area contributed by atoms with Crippen molar-refractivity contribution in [1.29, 1.82) is 0 Å². The van der Waals surface area contributed by atoms with Crippen LogP contribution in [0.3, 0.4) is 0 Å². The number of carbonyl (C=O) groups excluding carboxylic acids is 2. The second kappa shape index (κ2) is 7.67. The van der Waals surface area contributed by atoms with Gasteiger partial charge in [-0.2, -0.15) is 4.68 Å². The van der Waals surface area contributed by atoms with Gasteiger partial charge in [-0.1, -0.05) is 41.6 Å². The van der Waals surface area contributed by atoms with Crippen LogP contribution in [0.2, 0.25) is 0 Å². The van der Waals surface area contributed by atoms with Gasteiger partial charge in [0, 0.05) is 0 Å². The molecule has 2 unspecified atom stereocenters. The number of ether oxygens (including phenoxy) is 1. The Morgan fingerprint density at radius 2 is 2.04 bits per heavy atom. The van der Waals surface area contributed by atoms with E-state index in [4.69, 9.17) is 4.74 Å². The zero-order valence-electron chi connectivity index (χ0n) is 16.3. The first-order valence-electron chi connectivity index (χ1n) is 9.51. The molecule has 0 saturated carbocycles. The highest BCUT2D eigenvalue weighted by atomic mass is 32.2. The smallest absolute Gasteiger partial charge is 0.308 e. The van der Waals surface area contributed by atoms with Crippen molar-refractivity contribution in [3.63, 3.8) is 0 Å². The molecule has 0 amide bonds. The summed E-state index contributed by atoms with van der Waals surface area (Å²) in [5.41, 5.74) is 2.28. The molecule has 0 bridgehead atoms.